The first-order chi connectivity index (χ1) is 26.9. The molecule has 5 atom stereocenters. The van der Waals surface area contributed by atoms with E-state index in [1.54, 1.807) is 14.2 Å². The standard InChI is InChI=1S/C20H18NO4.C19H18O12/c1-22-17-4-3-12-7-16-14-9-19-18(24-11-25-19)8-13(14)5-6-21(16)10-15(12)20(17)23-2;20-4-11-14(25)16(27)17(28)19(30-11)31-18-8(23)3-10-12(15(18)26)13(24)5-1-6(21)7(22)2-9(5)29-10/h3-4,7-10H,5-6,11H2,1-2H3;1-3,11,14,16-17,19-23,25-28H,4H2/q+1;/t;11-,14-,16+,17-,19+/m.1/s1. The molecule has 17 heteroatoms. The van der Waals surface area contributed by atoms with E-state index in [-0.39, 0.29) is 16.6 Å². The van der Waals surface area contributed by atoms with Crippen molar-refractivity contribution in [2.45, 2.75) is 43.7 Å². The van der Waals surface area contributed by atoms with Gasteiger partial charge in [0.2, 0.25) is 30.0 Å². The molecule has 0 bridgehead atoms. The molecular weight excluding hydrogens is 738 g/mol. The first kappa shape index (κ1) is 36.7. The van der Waals surface area contributed by atoms with Crippen LogP contribution in [0.3, 0.4) is 0 Å². The van der Waals surface area contributed by atoms with Crippen molar-refractivity contribution in [3.63, 3.8) is 0 Å². The number of aliphatic hydroxyl groups is 4. The predicted octanol–water partition coefficient (Wildman–Crippen LogP) is 2.04. The quantitative estimate of drug-likeness (QED) is 0.0709. The highest BCUT2D eigenvalue weighted by molar-refractivity contribution is 5.97. The Balaban J connectivity index is 0.000000161. The van der Waals surface area contributed by atoms with E-state index < -0.39 is 76.9 Å². The lowest BCUT2D eigenvalue weighted by Gasteiger charge is -2.39. The predicted molar refractivity (Wildman–Crippen MR) is 194 cm³/mol. The number of fused-ring (bicyclic) bond motifs is 7. The van der Waals surface area contributed by atoms with E-state index >= 15 is 0 Å². The minimum atomic E-state index is -1.83. The molecule has 9 rings (SSSR count). The van der Waals surface area contributed by atoms with Gasteiger partial charge in [-0.1, -0.05) is 0 Å². The summed E-state index contributed by atoms with van der Waals surface area (Å²) in [7, 11) is 3.34. The molecule has 0 saturated carbocycles. The second-order valence-electron chi connectivity index (χ2n) is 13.3. The van der Waals surface area contributed by atoms with E-state index in [4.69, 9.17) is 32.8 Å². The van der Waals surface area contributed by atoms with Crippen molar-refractivity contribution in [3.8, 4) is 63.0 Å². The number of phenolic OH excluding ortho intramolecular Hbond substituents is 4. The molecule has 17 nitrogen and oxygen atoms in total. The summed E-state index contributed by atoms with van der Waals surface area (Å²) in [5.41, 5.74) is 2.44. The topological polar surface area (TPSA) is 251 Å². The molecule has 0 amide bonds. The lowest BCUT2D eigenvalue weighted by molar-refractivity contribution is -0.686. The molecule has 0 radical (unpaired) electrons. The Kier molecular flexibility index (Phi) is 9.26. The molecule has 6 aromatic rings. The van der Waals surface area contributed by atoms with Crippen LogP contribution in [-0.2, 0) is 17.7 Å². The Morgan fingerprint density at radius 3 is 2.27 bits per heavy atom. The van der Waals surface area contributed by atoms with Crippen molar-refractivity contribution >= 4 is 32.7 Å². The summed E-state index contributed by atoms with van der Waals surface area (Å²) >= 11 is 0. The molecule has 56 heavy (non-hydrogen) atoms. The third-order valence-electron chi connectivity index (χ3n) is 10.1. The highest BCUT2D eigenvalue weighted by Crippen LogP contribution is 2.45. The second kappa shape index (κ2) is 14.1. The average molecular weight is 775 g/mol. The fraction of sp³-hybridized carbons (Fsp3) is 0.282. The third-order valence-corrected chi connectivity index (χ3v) is 10.1. The summed E-state index contributed by atoms with van der Waals surface area (Å²) < 4.78 is 40.2. The van der Waals surface area contributed by atoms with Gasteiger partial charge in [-0.2, -0.15) is 4.57 Å². The smallest absolute Gasteiger partial charge is 0.231 e. The van der Waals surface area contributed by atoms with Gasteiger partial charge in [-0.3, -0.25) is 4.79 Å². The number of benzene rings is 4. The summed E-state index contributed by atoms with van der Waals surface area (Å²) in [4.78, 5) is 12.8. The molecule has 292 valence electrons. The van der Waals surface area contributed by atoms with E-state index in [1.807, 2.05) is 6.07 Å². The molecule has 0 spiro atoms. The summed E-state index contributed by atoms with van der Waals surface area (Å²) in [6, 6.07) is 13.3. The van der Waals surface area contributed by atoms with E-state index in [1.165, 1.54) is 16.8 Å². The number of aryl methyl sites for hydroxylation is 2. The summed E-state index contributed by atoms with van der Waals surface area (Å²) in [6.45, 7) is 0.484. The molecule has 0 unspecified atom stereocenters. The van der Waals surface area contributed by atoms with Crippen LogP contribution in [0.15, 0.2) is 63.9 Å². The van der Waals surface area contributed by atoms with Gasteiger partial charge in [0.1, 0.15) is 41.0 Å². The number of pyridine rings is 1. The van der Waals surface area contributed by atoms with Crippen LogP contribution < -0.4 is 33.7 Å². The Hall–Kier alpha value is -6.24. The van der Waals surface area contributed by atoms with Crippen LogP contribution in [0, 0.1) is 0 Å². The van der Waals surface area contributed by atoms with Crippen LogP contribution in [0.1, 0.15) is 5.56 Å². The Bertz CT molecular complexity index is 2590. The fourth-order valence-corrected chi connectivity index (χ4v) is 7.15. The van der Waals surface area contributed by atoms with Gasteiger partial charge in [0.25, 0.3) is 0 Å². The zero-order chi connectivity index (χ0) is 39.6. The maximum atomic E-state index is 12.8. The Morgan fingerprint density at radius 1 is 0.804 bits per heavy atom. The van der Waals surface area contributed by atoms with Gasteiger partial charge in [0.15, 0.2) is 58.7 Å². The van der Waals surface area contributed by atoms with Crippen molar-refractivity contribution in [1.29, 1.82) is 0 Å². The number of nitrogens with zero attached hydrogens (tertiary/aromatic N) is 1. The number of aliphatic hydroxyl groups excluding tert-OH is 4. The number of hydrogen-bond donors (Lipinski definition) is 8. The summed E-state index contributed by atoms with van der Waals surface area (Å²) in [5.74, 6) is -0.295. The van der Waals surface area contributed by atoms with Crippen LogP contribution in [-0.4, -0.2) is 99.2 Å². The van der Waals surface area contributed by atoms with Crippen LogP contribution in [0.25, 0.3) is 44.0 Å². The monoisotopic (exact) mass is 774 g/mol. The number of aromatic hydroxyl groups is 4. The van der Waals surface area contributed by atoms with Crippen LogP contribution >= 0.6 is 0 Å². The van der Waals surface area contributed by atoms with E-state index in [2.05, 4.69) is 35.0 Å². The summed E-state index contributed by atoms with van der Waals surface area (Å²) in [6.07, 6.45) is -5.19. The third kappa shape index (κ3) is 6.02. The van der Waals surface area contributed by atoms with Gasteiger partial charge in [-0.25, -0.2) is 0 Å². The van der Waals surface area contributed by atoms with Crippen molar-refractivity contribution < 1.29 is 78.3 Å². The number of aromatic nitrogens is 1. The van der Waals surface area contributed by atoms with E-state index in [0.717, 1.165) is 64.9 Å². The minimum Gasteiger partial charge on any atom is -0.504 e. The molecule has 1 fully saturated rings. The molecule has 5 heterocycles. The lowest BCUT2D eigenvalue weighted by atomic mass is 9.95. The van der Waals surface area contributed by atoms with Crippen LogP contribution in [0.5, 0.6) is 51.7 Å². The number of phenols is 4. The Labute approximate surface area is 315 Å². The highest BCUT2D eigenvalue weighted by Gasteiger charge is 2.45. The molecule has 4 aromatic carbocycles. The Morgan fingerprint density at radius 2 is 1.54 bits per heavy atom. The SMILES string of the molecule is COc1ccc2cc3[n+](cc2c1OC)CCc1cc2c(cc1-3)OCO2.O=c1c2cc(O)c(O)cc2oc2cc(O)c(O[C@@H]3O[C@H](CO)[C@@H](O)[C@H](O)[C@H]3O)c(O)c12. The largest absolute Gasteiger partial charge is 0.504 e. The normalized spacial score (nSPS) is 20.9. The molecule has 1 saturated heterocycles. The van der Waals surface area contributed by atoms with Crippen LogP contribution in [0.4, 0.5) is 0 Å². The molecular formula is C39H36NO16+. The molecule has 2 aromatic heterocycles. The van der Waals surface area contributed by atoms with Crippen LogP contribution in [0.2, 0.25) is 0 Å². The second-order valence-corrected chi connectivity index (χ2v) is 13.3. The number of ether oxygens (including phenoxy) is 6. The molecule has 3 aliphatic heterocycles. The first-order valence-corrected chi connectivity index (χ1v) is 17.3. The van der Waals surface area contributed by atoms with Gasteiger partial charge in [0.05, 0.1) is 37.2 Å². The maximum Gasteiger partial charge on any atom is 0.231 e. The van der Waals surface area contributed by atoms with Gasteiger partial charge in [-0.15, -0.1) is 0 Å². The minimum absolute atomic E-state index is 0.130. The average Bonchev–Trinajstić information content (AvgIpc) is 3.66. The number of rotatable bonds is 5. The van der Waals surface area contributed by atoms with Crippen molar-refractivity contribution in [1.82, 2.24) is 0 Å². The number of methoxy groups -OCH3 is 2. The van der Waals surface area contributed by atoms with Gasteiger partial charge < -0.3 is 73.7 Å². The van der Waals surface area contributed by atoms with E-state index in [9.17, 15) is 45.6 Å². The molecule has 8 N–H and O–H groups in total. The van der Waals surface area contributed by atoms with Crippen molar-refractivity contribution in [3.05, 3.63) is 70.5 Å². The first-order valence-electron chi connectivity index (χ1n) is 17.3. The zero-order valence-corrected chi connectivity index (χ0v) is 29.7. The lowest BCUT2D eigenvalue weighted by Crippen LogP contribution is -2.60. The highest BCUT2D eigenvalue weighted by atomic mass is 16.7. The maximum absolute atomic E-state index is 12.8. The number of hydrogen-bond acceptors (Lipinski definition) is 16. The van der Waals surface area contributed by atoms with Gasteiger partial charge in [-0.05, 0) is 41.3 Å². The van der Waals surface area contributed by atoms with Gasteiger partial charge in [0, 0.05) is 24.6 Å². The fourth-order valence-electron chi connectivity index (χ4n) is 7.15. The van der Waals surface area contributed by atoms with Gasteiger partial charge >= 0.3 is 0 Å². The van der Waals surface area contributed by atoms with Crippen molar-refractivity contribution in [2.24, 2.45) is 0 Å². The zero-order valence-electron chi connectivity index (χ0n) is 29.7. The van der Waals surface area contributed by atoms with E-state index in [0.29, 0.717) is 6.79 Å². The molecule has 0 aliphatic carbocycles. The molecule has 3 aliphatic rings. The summed E-state index contributed by atoms with van der Waals surface area (Å²) in [5, 5.41) is 80.7. The van der Waals surface area contributed by atoms with Crippen molar-refractivity contribution in [2.75, 3.05) is 27.6 Å².